The van der Waals surface area contributed by atoms with Crippen LogP contribution in [-0.2, 0) is 5.41 Å². The van der Waals surface area contributed by atoms with Crippen LogP contribution in [0.4, 0.5) is 5.69 Å². The Morgan fingerprint density at radius 1 is 0.553 bits per heavy atom. The molecule has 4 aromatic rings. The van der Waals surface area contributed by atoms with Gasteiger partial charge < -0.3 is 5.73 Å². The van der Waals surface area contributed by atoms with Crippen LogP contribution < -0.4 is 5.73 Å². The van der Waals surface area contributed by atoms with Crippen LogP contribution in [0.15, 0.2) is 91.0 Å². The standard InChI is InChI=1S/C37H43N/c1-3-5-7-17-25-37(26-18-8-6-4-2)33-24-16-15-23-30(33)32-27-31(28-19-11-9-12-20-28)36(38)34(35(32)37)29-21-13-10-14-22-29/h9-16,19-24,27H,3-8,17-18,25-26,38H2,1-2H3. The van der Waals surface area contributed by atoms with Gasteiger partial charge in [0.25, 0.3) is 0 Å². The van der Waals surface area contributed by atoms with Crippen molar-refractivity contribution >= 4 is 5.69 Å². The molecule has 0 heterocycles. The van der Waals surface area contributed by atoms with Crippen LogP contribution in [0.1, 0.15) is 89.2 Å². The molecular weight excluding hydrogens is 458 g/mol. The lowest BCUT2D eigenvalue weighted by atomic mass is 9.68. The van der Waals surface area contributed by atoms with Crippen LogP contribution in [-0.4, -0.2) is 0 Å². The first-order valence-corrected chi connectivity index (χ1v) is 14.9. The van der Waals surface area contributed by atoms with Crippen molar-refractivity contribution in [1.29, 1.82) is 0 Å². The summed E-state index contributed by atoms with van der Waals surface area (Å²) in [5, 5.41) is 0. The zero-order valence-corrected chi connectivity index (χ0v) is 23.3. The number of fused-ring (bicyclic) bond motifs is 3. The lowest BCUT2D eigenvalue weighted by molar-refractivity contribution is 0.402. The van der Waals surface area contributed by atoms with Crippen LogP contribution in [0.2, 0.25) is 0 Å². The molecule has 0 radical (unpaired) electrons. The van der Waals surface area contributed by atoms with Gasteiger partial charge in [0.15, 0.2) is 0 Å². The lowest BCUT2D eigenvalue weighted by Gasteiger charge is -2.35. The van der Waals surface area contributed by atoms with E-state index in [9.17, 15) is 0 Å². The fourth-order valence-electron chi connectivity index (χ4n) is 6.79. The Kier molecular flexibility index (Phi) is 8.32. The molecule has 2 N–H and O–H groups in total. The quantitative estimate of drug-likeness (QED) is 0.152. The van der Waals surface area contributed by atoms with Crippen molar-refractivity contribution in [3.63, 3.8) is 0 Å². The molecule has 196 valence electrons. The summed E-state index contributed by atoms with van der Waals surface area (Å²) in [5.41, 5.74) is 18.8. The Hall–Kier alpha value is -3.32. The maximum absolute atomic E-state index is 7.23. The highest BCUT2D eigenvalue weighted by Crippen LogP contribution is 2.59. The zero-order chi connectivity index (χ0) is 26.4. The molecule has 0 fully saturated rings. The van der Waals surface area contributed by atoms with Crippen molar-refractivity contribution in [2.45, 2.75) is 83.5 Å². The predicted molar refractivity (Wildman–Crippen MR) is 165 cm³/mol. The van der Waals surface area contributed by atoms with Crippen LogP contribution in [0.3, 0.4) is 0 Å². The van der Waals surface area contributed by atoms with Gasteiger partial charge >= 0.3 is 0 Å². The molecule has 1 nitrogen and oxygen atoms in total. The van der Waals surface area contributed by atoms with Gasteiger partial charge in [0, 0.05) is 22.2 Å². The third-order valence-corrected chi connectivity index (χ3v) is 8.64. The summed E-state index contributed by atoms with van der Waals surface area (Å²) in [6.45, 7) is 4.61. The molecule has 38 heavy (non-hydrogen) atoms. The molecule has 0 atom stereocenters. The van der Waals surface area contributed by atoms with Crippen molar-refractivity contribution in [3.05, 3.63) is 102 Å². The molecule has 0 saturated heterocycles. The molecule has 5 rings (SSSR count). The summed E-state index contributed by atoms with van der Waals surface area (Å²) in [7, 11) is 0. The third-order valence-electron chi connectivity index (χ3n) is 8.64. The Labute approximate surface area is 230 Å². The van der Waals surface area contributed by atoms with Crippen LogP contribution >= 0.6 is 0 Å². The molecule has 0 spiro atoms. The number of hydrogen-bond donors (Lipinski definition) is 1. The maximum atomic E-state index is 7.23. The van der Waals surface area contributed by atoms with Gasteiger partial charge in [-0.2, -0.15) is 0 Å². The van der Waals surface area contributed by atoms with Crippen LogP contribution in [0, 0.1) is 0 Å². The molecule has 0 amide bonds. The van der Waals surface area contributed by atoms with E-state index in [2.05, 4.69) is 105 Å². The smallest absolute Gasteiger partial charge is 0.0476 e. The zero-order valence-electron chi connectivity index (χ0n) is 23.3. The maximum Gasteiger partial charge on any atom is 0.0476 e. The fourth-order valence-corrected chi connectivity index (χ4v) is 6.79. The first-order valence-electron chi connectivity index (χ1n) is 14.9. The molecule has 4 aromatic carbocycles. The number of anilines is 1. The molecule has 0 saturated carbocycles. The highest BCUT2D eigenvalue weighted by atomic mass is 14.6. The average molecular weight is 502 g/mol. The van der Waals surface area contributed by atoms with Gasteiger partial charge in [-0.15, -0.1) is 0 Å². The predicted octanol–water partition coefficient (Wildman–Crippen LogP) is 10.8. The van der Waals surface area contributed by atoms with Crippen molar-refractivity contribution in [2.75, 3.05) is 5.73 Å². The van der Waals surface area contributed by atoms with E-state index in [-0.39, 0.29) is 5.41 Å². The summed E-state index contributed by atoms with van der Waals surface area (Å²) >= 11 is 0. The van der Waals surface area contributed by atoms with Gasteiger partial charge in [-0.3, -0.25) is 0 Å². The van der Waals surface area contributed by atoms with Crippen molar-refractivity contribution < 1.29 is 0 Å². The molecule has 0 unspecified atom stereocenters. The molecule has 1 heteroatoms. The first kappa shape index (κ1) is 26.3. The Morgan fingerprint density at radius 2 is 1.11 bits per heavy atom. The minimum atomic E-state index is 0.00191. The largest absolute Gasteiger partial charge is 0.398 e. The number of nitrogen functional groups attached to an aromatic ring is 1. The summed E-state index contributed by atoms with van der Waals surface area (Å²) < 4.78 is 0. The van der Waals surface area contributed by atoms with E-state index < -0.39 is 0 Å². The normalized spacial score (nSPS) is 13.3. The van der Waals surface area contributed by atoms with Gasteiger partial charge in [-0.1, -0.05) is 150 Å². The summed E-state index contributed by atoms with van der Waals surface area (Å²) in [4.78, 5) is 0. The molecule has 0 bridgehead atoms. The first-order chi connectivity index (χ1) is 18.7. The molecule has 1 aliphatic carbocycles. The fraction of sp³-hybridized carbons (Fsp3) is 0.351. The van der Waals surface area contributed by atoms with E-state index in [4.69, 9.17) is 5.73 Å². The number of benzene rings is 4. The van der Waals surface area contributed by atoms with Crippen molar-refractivity contribution in [1.82, 2.24) is 0 Å². The summed E-state index contributed by atoms with van der Waals surface area (Å²) in [5.74, 6) is 0. The number of rotatable bonds is 12. The number of unbranched alkanes of at least 4 members (excludes halogenated alkanes) is 6. The average Bonchev–Trinajstić information content (AvgIpc) is 3.23. The molecule has 1 aliphatic rings. The van der Waals surface area contributed by atoms with E-state index in [0.717, 1.165) is 11.3 Å². The highest BCUT2D eigenvalue weighted by Gasteiger charge is 2.44. The Balaban J connectivity index is 1.78. The van der Waals surface area contributed by atoms with Gasteiger partial charge in [-0.05, 0) is 52.3 Å². The van der Waals surface area contributed by atoms with Gasteiger partial charge in [-0.25, -0.2) is 0 Å². The number of nitrogens with two attached hydrogens (primary N) is 1. The SMILES string of the molecule is CCCCCCC1(CCCCCC)c2ccccc2-c2cc(-c3ccccc3)c(N)c(-c3ccccc3)c21. The Bertz CT molecular complexity index is 1320. The minimum absolute atomic E-state index is 0.00191. The second-order valence-electron chi connectivity index (χ2n) is 11.1. The van der Waals surface area contributed by atoms with Crippen LogP contribution in [0.25, 0.3) is 33.4 Å². The van der Waals surface area contributed by atoms with Crippen molar-refractivity contribution in [2.24, 2.45) is 0 Å². The summed E-state index contributed by atoms with van der Waals surface area (Å²) in [6.07, 6.45) is 12.6. The molecule has 0 aliphatic heterocycles. The highest BCUT2D eigenvalue weighted by molar-refractivity contribution is 6.00. The van der Waals surface area contributed by atoms with E-state index in [1.165, 1.54) is 103 Å². The van der Waals surface area contributed by atoms with E-state index >= 15 is 0 Å². The van der Waals surface area contributed by atoms with Gasteiger partial charge in [0.05, 0.1) is 0 Å². The minimum Gasteiger partial charge on any atom is -0.398 e. The second-order valence-corrected chi connectivity index (χ2v) is 11.1. The third kappa shape index (κ3) is 4.92. The number of hydrogen-bond acceptors (Lipinski definition) is 1. The Morgan fingerprint density at radius 3 is 1.71 bits per heavy atom. The lowest BCUT2D eigenvalue weighted by Crippen LogP contribution is -2.27. The molecule has 0 aromatic heterocycles. The second kappa shape index (κ2) is 12.0. The van der Waals surface area contributed by atoms with Gasteiger partial charge in [0.2, 0.25) is 0 Å². The van der Waals surface area contributed by atoms with E-state index in [1.54, 1.807) is 0 Å². The van der Waals surface area contributed by atoms with E-state index in [0.29, 0.717) is 0 Å². The van der Waals surface area contributed by atoms with Crippen molar-refractivity contribution in [3.8, 4) is 33.4 Å². The molecular formula is C37H43N. The topological polar surface area (TPSA) is 26.0 Å². The van der Waals surface area contributed by atoms with Crippen LogP contribution in [0.5, 0.6) is 0 Å². The van der Waals surface area contributed by atoms with Gasteiger partial charge in [0.1, 0.15) is 0 Å². The summed E-state index contributed by atoms with van der Waals surface area (Å²) in [6, 6.07) is 33.3. The monoisotopic (exact) mass is 501 g/mol. The van der Waals surface area contributed by atoms with E-state index in [1.807, 2.05) is 0 Å².